The number of aryl methyl sites for hydroxylation is 1. The number of rotatable bonds is 3. The van der Waals surface area contributed by atoms with E-state index in [0.29, 0.717) is 38.3 Å². The topological polar surface area (TPSA) is 84.6 Å². The summed E-state index contributed by atoms with van der Waals surface area (Å²) in [5, 5.41) is 12.3. The summed E-state index contributed by atoms with van der Waals surface area (Å²) in [5.41, 5.74) is 6.80. The molecule has 0 spiro atoms. The van der Waals surface area contributed by atoms with E-state index < -0.39 is 5.41 Å². The number of phenols is 1. The molecule has 0 atom stereocenters. The van der Waals surface area contributed by atoms with Crippen molar-refractivity contribution < 1.29 is 14.6 Å². The van der Waals surface area contributed by atoms with Crippen molar-refractivity contribution >= 4 is 11.6 Å². The van der Waals surface area contributed by atoms with Gasteiger partial charge in [-0.15, -0.1) is 0 Å². The fourth-order valence-corrected chi connectivity index (χ4v) is 2.33. The number of nitrogens with one attached hydrogen (secondary N) is 1. The fourth-order valence-electron chi connectivity index (χ4n) is 2.33. The van der Waals surface area contributed by atoms with Crippen LogP contribution >= 0.6 is 0 Å². The number of carbonyl (C=O) groups excluding carboxylic acids is 1. The van der Waals surface area contributed by atoms with Crippen molar-refractivity contribution in [1.82, 2.24) is 0 Å². The van der Waals surface area contributed by atoms with Crippen LogP contribution in [0.2, 0.25) is 0 Å². The summed E-state index contributed by atoms with van der Waals surface area (Å²) in [7, 11) is 0. The molecule has 0 saturated carbocycles. The highest BCUT2D eigenvalue weighted by Crippen LogP contribution is 2.31. The summed E-state index contributed by atoms with van der Waals surface area (Å²) in [6.45, 7) is 3.30. The lowest BCUT2D eigenvalue weighted by Crippen LogP contribution is -2.46. The lowest BCUT2D eigenvalue weighted by molar-refractivity contribution is -0.130. The monoisotopic (exact) mass is 264 g/mol. The van der Waals surface area contributed by atoms with Crippen molar-refractivity contribution in [1.29, 1.82) is 0 Å². The fraction of sp³-hybridized carbons (Fsp3) is 0.500. The molecule has 1 saturated heterocycles. The SMILES string of the molecule is Cc1cc(O)ccc1NC(=O)C1(CN)CCOCC1. The summed E-state index contributed by atoms with van der Waals surface area (Å²) in [6.07, 6.45) is 1.29. The second-order valence-corrected chi connectivity index (χ2v) is 5.05. The third kappa shape index (κ3) is 2.88. The highest BCUT2D eigenvalue weighted by molar-refractivity contribution is 5.96. The standard InChI is InChI=1S/C14H20N2O3/c1-10-8-11(17)2-3-12(10)16-13(18)14(9-15)4-6-19-7-5-14/h2-3,8,17H,4-7,9,15H2,1H3,(H,16,18). The van der Waals surface area contributed by atoms with E-state index in [1.165, 1.54) is 0 Å². The van der Waals surface area contributed by atoms with Gasteiger partial charge in [0.2, 0.25) is 5.91 Å². The number of anilines is 1. The maximum Gasteiger partial charge on any atom is 0.232 e. The van der Waals surface area contributed by atoms with Crippen LogP contribution in [0, 0.1) is 12.3 Å². The molecule has 5 heteroatoms. The number of benzene rings is 1. The van der Waals surface area contributed by atoms with Crippen molar-refractivity contribution in [2.24, 2.45) is 11.1 Å². The highest BCUT2D eigenvalue weighted by Gasteiger charge is 2.38. The smallest absolute Gasteiger partial charge is 0.232 e. The number of hydrogen-bond donors (Lipinski definition) is 3. The Kier molecular flexibility index (Phi) is 4.07. The van der Waals surface area contributed by atoms with E-state index >= 15 is 0 Å². The van der Waals surface area contributed by atoms with Crippen molar-refractivity contribution in [2.45, 2.75) is 19.8 Å². The zero-order valence-corrected chi connectivity index (χ0v) is 11.1. The number of aromatic hydroxyl groups is 1. The van der Waals surface area contributed by atoms with Crippen molar-refractivity contribution in [3.63, 3.8) is 0 Å². The zero-order valence-electron chi connectivity index (χ0n) is 11.1. The number of hydrogen-bond acceptors (Lipinski definition) is 4. The van der Waals surface area contributed by atoms with Gasteiger partial charge in [-0.2, -0.15) is 0 Å². The quantitative estimate of drug-likeness (QED) is 0.720. The van der Waals surface area contributed by atoms with E-state index in [1.54, 1.807) is 18.2 Å². The van der Waals surface area contributed by atoms with Crippen molar-refractivity contribution in [3.05, 3.63) is 23.8 Å². The van der Waals surface area contributed by atoms with E-state index in [-0.39, 0.29) is 11.7 Å². The van der Waals surface area contributed by atoms with Crippen LogP contribution in [-0.4, -0.2) is 30.8 Å². The Morgan fingerprint density at radius 2 is 2.16 bits per heavy atom. The summed E-state index contributed by atoms with van der Waals surface area (Å²) in [4.78, 5) is 12.4. The Bertz CT molecular complexity index is 468. The second-order valence-electron chi connectivity index (χ2n) is 5.05. The lowest BCUT2D eigenvalue weighted by atomic mass is 9.79. The first kappa shape index (κ1) is 13.8. The van der Waals surface area contributed by atoms with Crippen LogP contribution in [-0.2, 0) is 9.53 Å². The molecular formula is C14H20N2O3. The van der Waals surface area contributed by atoms with E-state index in [2.05, 4.69) is 5.32 Å². The van der Waals surface area contributed by atoms with Gasteiger partial charge in [0.05, 0.1) is 5.41 Å². The minimum atomic E-state index is -0.539. The molecule has 1 aromatic carbocycles. The lowest BCUT2D eigenvalue weighted by Gasteiger charge is -2.34. The molecule has 0 unspecified atom stereocenters. The molecular weight excluding hydrogens is 244 g/mol. The molecule has 1 fully saturated rings. The van der Waals surface area contributed by atoms with Crippen LogP contribution in [0.4, 0.5) is 5.69 Å². The van der Waals surface area contributed by atoms with Gasteiger partial charge in [0.15, 0.2) is 0 Å². The summed E-state index contributed by atoms with van der Waals surface area (Å²) in [5.74, 6) is 0.127. The molecule has 19 heavy (non-hydrogen) atoms. The number of ether oxygens (including phenoxy) is 1. The van der Waals surface area contributed by atoms with Gasteiger partial charge < -0.3 is 20.9 Å². The molecule has 104 valence electrons. The first-order valence-electron chi connectivity index (χ1n) is 6.46. The van der Waals surface area contributed by atoms with E-state index in [9.17, 15) is 9.90 Å². The predicted octanol–water partition coefficient (Wildman–Crippen LogP) is 1.39. The van der Waals surface area contributed by atoms with Crippen LogP contribution in [0.5, 0.6) is 5.75 Å². The van der Waals surface area contributed by atoms with E-state index in [1.807, 2.05) is 6.92 Å². The Hall–Kier alpha value is -1.59. The molecule has 1 aromatic rings. The molecule has 5 nitrogen and oxygen atoms in total. The third-order valence-electron chi connectivity index (χ3n) is 3.78. The first-order valence-corrected chi connectivity index (χ1v) is 6.46. The molecule has 0 bridgehead atoms. The molecule has 1 aliphatic heterocycles. The summed E-state index contributed by atoms with van der Waals surface area (Å²) in [6, 6.07) is 4.88. The normalized spacial score (nSPS) is 18.0. The molecule has 2 rings (SSSR count). The largest absolute Gasteiger partial charge is 0.508 e. The van der Waals surface area contributed by atoms with Crippen LogP contribution < -0.4 is 11.1 Å². The maximum absolute atomic E-state index is 12.4. The van der Waals surface area contributed by atoms with Crippen molar-refractivity contribution in [3.8, 4) is 5.75 Å². The number of amides is 1. The van der Waals surface area contributed by atoms with Crippen LogP contribution in [0.1, 0.15) is 18.4 Å². The number of nitrogens with two attached hydrogens (primary N) is 1. The first-order chi connectivity index (χ1) is 9.07. The van der Waals surface area contributed by atoms with Gasteiger partial charge in [-0.1, -0.05) is 0 Å². The average molecular weight is 264 g/mol. The average Bonchev–Trinajstić information content (AvgIpc) is 2.42. The second kappa shape index (κ2) is 5.59. The maximum atomic E-state index is 12.4. The van der Waals surface area contributed by atoms with E-state index in [4.69, 9.17) is 10.5 Å². The van der Waals surface area contributed by atoms with E-state index in [0.717, 1.165) is 5.56 Å². The van der Waals surface area contributed by atoms with Gasteiger partial charge in [0.25, 0.3) is 0 Å². The van der Waals surface area contributed by atoms with Gasteiger partial charge >= 0.3 is 0 Å². The Morgan fingerprint density at radius 3 is 2.74 bits per heavy atom. The predicted molar refractivity (Wildman–Crippen MR) is 73.0 cm³/mol. The Morgan fingerprint density at radius 1 is 1.47 bits per heavy atom. The number of phenolic OH excluding ortho intramolecular Hbond substituents is 1. The molecule has 0 aromatic heterocycles. The van der Waals surface area contributed by atoms with Gasteiger partial charge in [-0.3, -0.25) is 4.79 Å². The van der Waals surface area contributed by atoms with Crippen molar-refractivity contribution in [2.75, 3.05) is 25.1 Å². The molecule has 4 N–H and O–H groups in total. The van der Waals surface area contributed by atoms with Gasteiger partial charge in [-0.25, -0.2) is 0 Å². The summed E-state index contributed by atoms with van der Waals surface area (Å²) < 4.78 is 5.30. The Balaban J connectivity index is 2.15. The van der Waals surface area contributed by atoms with Crippen LogP contribution in [0.3, 0.4) is 0 Å². The van der Waals surface area contributed by atoms with Crippen LogP contribution in [0.15, 0.2) is 18.2 Å². The molecule has 0 radical (unpaired) electrons. The minimum Gasteiger partial charge on any atom is -0.508 e. The van der Waals surface area contributed by atoms with Gasteiger partial charge in [0, 0.05) is 25.4 Å². The van der Waals surface area contributed by atoms with Crippen LogP contribution in [0.25, 0.3) is 0 Å². The third-order valence-corrected chi connectivity index (χ3v) is 3.78. The van der Waals surface area contributed by atoms with Gasteiger partial charge in [-0.05, 0) is 43.5 Å². The zero-order chi connectivity index (χ0) is 13.9. The molecule has 1 aliphatic rings. The van der Waals surface area contributed by atoms with Gasteiger partial charge in [0.1, 0.15) is 5.75 Å². The minimum absolute atomic E-state index is 0.0629. The molecule has 0 aliphatic carbocycles. The summed E-state index contributed by atoms with van der Waals surface area (Å²) >= 11 is 0. The highest BCUT2D eigenvalue weighted by atomic mass is 16.5. The molecule has 1 heterocycles. The molecule has 1 amide bonds. The number of carbonyl (C=O) groups is 1. The Labute approximate surface area is 112 Å².